The van der Waals surface area contributed by atoms with Gasteiger partial charge in [-0.15, -0.1) is 0 Å². The smallest absolute Gasteiger partial charge is 0.264 e. The van der Waals surface area contributed by atoms with Crippen LogP contribution in [0.1, 0.15) is 11.1 Å². The van der Waals surface area contributed by atoms with E-state index in [-0.39, 0.29) is 16.7 Å². The lowest BCUT2D eigenvalue weighted by Crippen LogP contribution is -2.39. The minimum Gasteiger partial charge on any atom is -0.495 e. The summed E-state index contributed by atoms with van der Waals surface area (Å²) in [4.78, 5) is 12.9. The van der Waals surface area contributed by atoms with Gasteiger partial charge in [-0.05, 0) is 48.9 Å². The van der Waals surface area contributed by atoms with E-state index in [2.05, 4.69) is 10.5 Å². The number of carbonyl (C=O) groups is 1. The zero-order chi connectivity index (χ0) is 25.5. The number of hydrogen-bond donors (Lipinski definition) is 1. The SMILES string of the molecule is COc1ccccc1N(CC(=O)N/N=C\c1cccc(OC2CSC2)c1)S(=O)(=O)c1ccc(C)cc1. The van der Waals surface area contributed by atoms with Gasteiger partial charge in [0.25, 0.3) is 15.9 Å². The largest absolute Gasteiger partial charge is 0.495 e. The number of benzene rings is 3. The second kappa shape index (κ2) is 11.5. The molecule has 0 radical (unpaired) electrons. The summed E-state index contributed by atoms with van der Waals surface area (Å²) in [5, 5.41) is 4.01. The first-order chi connectivity index (χ1) is 17.4. The molecule has 1 aliphatic rings. The molecule has 4 rings (SSSR count). The Morgan fingerprint density at radius 2 is 1.86 bits per heavy atom. The molecular formula is C26H27N3O5S2. The molecule has 1 aliphatic heterocycles. The third-order valence-corrected chi connectivity index (χ3v) is 8.41. The van der Waals surface area contributed by atoms with Crippen LogP contribution in [0.4, 0.5) is 5.69 Å². The summed E-state index contributed by atoms with van der Waals surface area (Å²) in [6.45, 7) is 1.38. The average molecular weight is 526 g/mol. The highest BCUT2D eigenvalue weighted by atomic mass is 32.2. The van der Waals surface area contributed by atoms with Crippen molar-refractivity contribution in [2.45, 2.75) is 17.9 Å². The van der Waals surface area contributed by atoms with E-state index in [0.29, 0.717) is 5.75 Å². The Balaban J connectivity index is 1.51. The highest BCUT2D eigenvalue weighted by Crippen LogP contribution is 2.32. The van der Waals surface area contributed by atoms with Gasteiger partial charge in [0.05, 0.1) is 23.9 Å². The Kier molecular flexibility index (Phi) is 8.17. The highest BCUT2D eigenvalue weighted by Gasteiger charge is 2.29. The van der Waals surface area contributed by atoms with Gasteiger partial charge in [0, 0.05) is 11.5 Å². The Hall–Kier alpha value is -3.50. The van der Waals surface area contributed by atoms with Gasteiger partial charge in [-0.3, -0.25) is 9.10 Å². The summed E-state index contributed by atoms with van der Waals surface area (Å²) in [5.41, 5.74) is 4.34. The topological polar surface area (TPSA) is 97.3 Å². The maximum atomic E-state index is 13.5. The van der Waals surface area contributed by atoms with Crippen molar-refractivity contribution in [1.82, 2.24) is 5.43 Å². The molecule has 0 spiro atoms. The molecule has 1 fully saturated rings. The summed E-state index contributed by atoms with van der Waals surface area (Å²) in [6.07, 6.45) is 1.71. The lowest BCUT2D eigenvalue weighted by Gasteiger charge is -2.25. The lowest BCUT2D eigenvalue weighted by atomic mass is 10.2. The molecular weight excluding hydrogens is 498 g/mol. The van der Waals surface area contributed by atoms with E-state index in [4.69, 9.17) is 9.47 Å². The monoisotopic (exact) mass is 525 g/mol. The number of amides is 1. The molecule has 1 amide bonds. The molecule has 0 aromatic heterocycles. The molecule has 8 nitrogen and oxygen atoms in total. The molecule has 10 heteroatoms. The van der Waals surface area contributed by atoms with Crippen molar-refractivity contribution in [3.63, 3.8) is 0 Å². The number of nitrogens with one attached hydrogen (secondary N) is 1. The number of anilines is 1. The fourth-order valence-electron chi connectivity index (χ4n) is 3.46. The second-order valence-electron chi connectivity index (χ2n) is 8.14. The van der Waals surface area contributed by atoms with Gasteiger partial charge in [0.2, 0.25) is 0 Å². The predicted molar refractivity (Wildman–Crippen MR) is 143 cm³/mol. The van der Waals surface area contributed by atoms with Gasteiger partial charge in [-0.1, -0.05) is 42.0 Å². The first-order valence-corrected chi connectivity index (χ1v) is 13.8. The molecule has 0 atom stereocenters. The van der Waals surface area contributed by atoms with E-state index in [1.165, 1.54) is 25.5 Å². The van der Waals surface area contributed by atoms with Crippen LogP contribution < -0.4 is 19.2 Å². The third kappa shape index (κ3) is 6.19. The number of nitrogens with zero attached hydrogens (tertiary/aromatic N) is 2. The zero-order valence-electron chi connectivity index (χ0n) is 20.0. The van der Waals surface area contributed by atoms with Crippen molar-refractivity contribution in [2.24, 2.45) is 5.10 Å². The van der Waals surface area contributed by atoms with Crippen LogP contribution in [0.3, 0.4) is 0 Å². The number of hydrogen-bond acceptors (Lipinski definition) is 7. The number of thioether (sulfide) groups is 1. The summed E-state index contributed by atoms with van der Waals surface area (Å²) >= 11 is 1.84. The second-order valence-corrected chi connectivity index (χ2v) is 11.1. The molecule has 1 N–H and O–H groups in total. The minimum atomic E-state index is -4.07. The van der Waals surface area contributed by atoms with Gasteiger partial charge in [-0.25, -0.2) is 13.8 Å². The van der Waals surface area contributed by atoms with Crippen LogP contribution in [-0.2, 0) is 14.8 Å². The first kappa shape index (κ1) is 25.6. The van der Waals surface area contributed by atoms with E-state index in [1.54, 1.807) is 36.4 Å². The first-order valence-electron chi connectivity index (χ1n) is 11.3. The standard InChI is InChI=1S/C26H27N3O5S2/c1-19-10-12-23(13-11-19)36(31,32)29(24-8-3-4-9-25(24)33-2)16-26(30)28-27-15-20-6-5-7-21(14-20)34-22-17-35-18-22/h3-15,22H,16-18H2,1-2H3,(H,28,30)/b27-15-. The van der Waals surface area contributed by atoms with Crippen LogP contribution in [0.5, 0.6) is 11.5 Å². The number of sulfonamides is 1. The number of para-hydroxylation sites is 2. The molecule has 0 saturated carbocycles. The maximum absolute atomic E-state index is 13.5. The van der Waals surface area contributed by atoms with Crippen LogP contribution in [0.15, 0.2) is 82.8 Å². The van der Waals surface area contributed by atoms with Crippen molar-refractivity contribution in [3.8, 4) is 11.5 Å². The number of aryl methyl sites for hydroxylation is 1. The summed E-state index contributed by atoms with van der Waals surface area (Å²) in [5.74, 6) is 2.41. The van der Waals surface area contributed by atoms with E-state index in [1.807, 2.05) is 43.0 Å². The Labute approximate surface area is 215 Å². The van der Waals surface area contributed by atoms with E-state index >= 15 is 0 Å². The summed E-state index contributed by atoms with van der Waals surface area (Å²) in [7, 11) is -2.62. The Morgan fingerprint density at radius 1 is 1.11 bits per heavy atom. The third-order valence-electron chi connectivity index (χ3n) is 5.42. The van der Waals surface area contributed by atoms with Crippen molar-refractivity contribution in [1.29, 1.82) is 0 Å². The Morgan fingerprint density at radius 3 is 2.56 bits per heavy atom. The highest BCUT2D eigenvalue weighted by molar-refractivity contribution is 8.00. The van der Waals surface area contributed by atoms with Gasteiger partial charge in [0.15, 0.2) is 0 Å². The van der Waals surface area contributed by atoms with E-state index in [0.717, 1.165) is 32.7 Å². The fourth-order valence-corrected chi connectivity index (χ4v) is 5.46. The van der Waals surface area contributed by atoms with Gasteiger partial charge in [0.1, 0.15) is 24.1 Å². The normalized spacial score (nSPS) is 13.7. The van der Waals surface area contributed by atoms with Crippen molar-refractivity contribution in [2.75, 3.05) is 29.5 Å². The van der Waals surface area contributed by atoms with Crippen LogP contribution in [-0.4, -0.2) is 51.8 Å². The molecule has 3 aromatic rings. The summed E-state index contributed by atoms with van der Waals surface area (Å²) < 4.78 is 39.3. The molecule has 0 unspecified atom stereocenters. The van der Waals surface area contributed by atoms with Gasteiger partial charge in [-0.2, -0.15) is 16.9 Å². The van der Waals surface area contributed by atoms with Crippen molar-refractivity contribution >= 4 is 39.6 Å². The average Bonchev–Trinajstić information content (AvgIpc) is 2.85. The number of methoxy groups -OCH3 is 1. The fraction of sp³-hybridized carbons (Fsp3) is 0.231. The molecule has 0 aliphatic carbocycles. The molecule has 1 saturated heterocycles. The number of ether oxygens (including phenoxy) is 2. The lowest BCUT2D eigenvalue weighted by molar-refractivity contribution is -0.119. The van der Waals surface area contributed by atoms with Gasteiger partial charge < -0.3 is 9.47 Å². The zero-order valence-corrected chi connectivity index (χ0v) is 21.6. The van der Waals surface area contributed by atoms with Crippen LogP contribution in [0, 0.1) is 6.92 Å². The van der Waals surface area contributed by atoms with Crippen LogP contribution >= 0.6 is 11.8 Å². The molecule has 188 valence electrons. The van der Waals surface area contributed by atoms with E-state index < -0.39 is 22.5 Å². The van der Waals surface area contributed by atoms with Gasteiger partial charge >= 0.3 is 0 Å². The minimum absolute atomic E-state index is 0.0667. The molecule has 36 heavy (non-hydrogen) atoms. The maximum Gasteiger partial charge on any atom is 0.264 e. The van der Waals surface area contributed by atoms with E-state index in [9.17, 15) is 13.2 Å². The van der Waals surface area contributed by atoms with Crippen molar-refractivity contribution < 1.29 is 22.7 Å². The van der Waals surface area contributed by atoms with Crippen LogP contribution in [0.25, 0.3) is 0 Å². The molecule has 3 aromatic carbocycles. The number of carbonyl (C=O) groups excluding carboxylic acids is 1. The Bertz CT molecular complexity index is 1340. The number of hydrazone groups is 1. The molecule has 1 heterocycles. The predicted octanol–water partition coefficient (Wildman–Crippen LogP) is 3.84. The molecule has 0 bridgehead atoms. The van der Waals surface area contributed by atoms with Crippen LogP contribution in [0.2, 0.25) is 0 Å². The summed E-state index contributed by atoms with van der Waals surface area (Å²) in [6, 6.07) is 20.5. The number of rotatable bonds is 10. The van der Waals surface area contributed by atoms with Crippen molar-refractivity contribution in [3.05, 3.63) is 83.9 Å². The quantitative estimate of drug-likeness (QED) is 0.319.